The molecule has 0 radical (unpaired) electrons. The molecule has 0 atom stereocenters. The third-order valence-electron chi connectivity index (χ3n) is 4.13. The molecule has 6 nitrogen and oxygen atoms in total. The molecular formula is C16H22FN5O. The third-order valence-corrected chi connectivity index (χ3v) is 4.13. The summed E-state index contributed by atoms with van der Waals surface area (Å²) < 4.78 is 14.7. The number of carbonyl (C=O) groups is 1. The van der Waals surface area contributed by atoms with Crippen molar-refractivity contribution in [3.05, 3.63) is 47.5 Å². The molecule has 1 aromatic heterocycles. The number of halogens is 1. The number of amides is 1. The van der Waals surface area contributed by atoms with E-state index >= 15 is 0 Å². The minimum Gasteiger partial charge on any atom is -0.344 e. The zero-order valence-electron chi connectivity index (χ0n) is 13.4. The van der Waals surface area contributed by atoms with Crippen LogP contribution in [0.1, 0.15) is 42.7 Å². The third kappa shape index (κ3) is 4.13. The first-order chi connectivity index (χ1) is 11.0. The molecule has 0 saturated heterocycles. The summed E-state index contributed by atoms with van der Waals surface area (Å²) in [4.78, 5) is 12.3. The topological polar surface area (TPSA) is 85.8 Å². The number of nitrogens with one attached hydrogen (secondary N) is 1. The molecule has 23 heavy (non-hydrogen) atoms. The highest BCUT2D eigenvalue weighted by atomic mass is 19.1. The van der Waals surface area contributed by atoms with Gasteiger partial charge in [0.25, 0.3) is 5.91 Å². The molecular weight excluding hydrogens is 297 g/mol. The Bertz CT molecular complexity index is 658. The van der Waals surface area contributed by atoms with Gasteiger partial charge >= 0.3 is 0 Å². The summed E-state index contributed by atoms with van der Waals surface area (Å²) in [5, 5.41) is 10.8. The van der Waals surface area contributed by atoms with Crippen LogP contribution in [0, 0.1) is 5.82 Å². The molecule has 0 aliphatic rings. The van der Waals surface area contributed by atoms with Crippen LogP contribution in [-0.4, -0.2) is 33.0 Å². The van der Waals surface area contributed by atoms with Gasteiger partial charge in [-0.3, -0.25) is 4.79 Å². The van der Waals surface area contributed by atoms with Crippen molar-refractivity contribution in [1.29, 1.82) is 0 Å². The van der Waals surface area contributed by atoms with Gasteiger partial charge in [-0.25, -0.2) is 9.07 Å². The summed E-state index contributed by atoms with van der Waals surface area (Å²) in [7, 11) is 0. The van der Waals surface area contributed by atoms with Crippen LogP contribution in [0.3, 0.4) is 0 Å². The lowest BCUT2D eigenvalue weighted by molar-refractivity contribution is 0.0890. The van der Waals surface area contributed by atoms with Crippen molar-refractivity contribution >= 4 is 5.91 Å². The lowest BCUT2D eigenvalue weighted by Gasteiger charge is -2.30. The lowest BCUT2D eigenvalue weighted by Crippen LogP contribution is -2.53. The Morgan fingerprint density at radius 1 is 1.39 bits per heavy atom. The number of nitrogens with zero attached hydrogens (tertiary/aromatic N) is 3. The summed E-state index contributed by atoms with van der Waals surface area (Å²) >= 11 is 0. The Labute approximate surface area is 134 Å². The average molecular weight is 319 g/mol. The maximum absolute atomic E-state index is 13.2. The van der Waals surface area contributed by atoms with Crippen molar-refractivity contribution in [2.75, 3.05) is 6.54 Å². The van der Waals surface area contributed by atoms with E-state index < -0.39 is 5.54 Å². The number of hydrogen-bond acceptors (Lipinski definition) is 4. The molecule has 0 saturated carbocycles. The summed E-state index contributed by atoms with van der Waals surface area (Å²) in [6.07, 6.45) is 3.03. The van der Waals surface area contributed by atoms with Gasteiger partial charge in [-0.1, -0.05) is 31.2 Å². The fraction of sp³-hybridized carbons (Fsp3) is 0.438. The molecule has 0 aliphatic carbocycles. The first kappa shape index (κ1) is 17.1. The maximum atomic E-state index is 13.2. The van der Waals surface area contributed by atoms with Gasteiger partial charge in [0.15, 0.2) is 5.69 Å². The molecule has 0 fully saturated rings. The summed E-state index contributed by atoms with van der Waals surface area (Å²) in [5.41, 5.74) is 6.33. The van der Waals surface area contributed by atoms with Crippen molar-refractivity contribution in [2.45, 2.75) is 38.8 Å². The lowest BCUT2D eigenvalue weighted by atomic mass is 9.93. The maximum Gasteiger partial charge on any atom is 0.273 e. The number of aromatic nitrogens is 3. The van der Waals surface area contributed by atoms with Gasteiger partial charge in [0.2, 0.25) is 0 Å². The minimum atomic E-state index is -0.427. The van der Waals surface area contributed by atoms with E-state index in [4.69, 9.17) is 5.73 Å². The molecule has 3 N–H and O–H groups in total. The van der Waals surface area contributed by atoms with Crippen LogP contribution in [0.25, 0.3) is 0 Å². The normalized spacial score (nSPS) is 11.5. The van der Waals surface area contributed by atoms with E-state index in [-0.39, 0.29) is 17.4 Å². The van der Waals surface area contributed by atoms with E-state index in [0.717, 1.165) is 18.4 Å². The van der Waals surface area contributed by atoms with Crippen LogP contribution >= 0.6 is 0 Å². The number of rotatable bonds is 7. The molecule has 124 valence electrons. The van der Waals surface area contributed by atoms with Crippen molar-refractivity contribution < 1.29 is 9.18 Å². The molecule has 7 heteroatoms. The van der Waals surface area contributed by atoms with E-state index in [9.17, 15) is 9.18 Å². The molecule has 0 unspecified atom stereocenters. The molecule has 0 bridgehead atoms. The summed E-state index contributed by atoms with van der Waals surface area (Å²) in [6.45, 7) is 4.68. The van der Waals surface area contributed by atoms with Crippen LogP contribution in [0.2, 0.25) is 0 Å². The van der Waals surface area contributed by atoms with Crippen LogP contribution in [-0.2, 0) is 6.54 Å². The second-order valence-corrected chi connectivity index (χ2v) is 5.58. The Hall–Kier alpha value is -2.28. The number of carbonyl (C=O) groups excluding carboxylic acids is 1. The molecule has 0 spiro atoms. The second-order valence-electron chi connectivity index (χ2n) is 5.58. The van der Waals surface area contributed by atoms with Crippen molar-refractivity contribution in [1.82, 2.24) is 20.3 Å². The van der Waals surface area contributed by atoms with E-state index in [1.807, 2.05) is 13.8 Å². The highest BCUT2D eigenvalue weighted by Gasteiger charge is 2.27. The van der Waals surface area contributed by atoms with Crippen LogP contribution in [0.15, 0.2) is 30.5 Å². The number of benzene rings is 1. The predicted molar refractivity (Wildman–Crippen MR) is 85.4 cm³/mol. The summed E-state index contributed by atoms with van der Waals surface area (Å²) in [5.74, 6) is -0.608. The Balaban J connectivity index is 2.08. The van der Waals surface area contributed by atoms with Crippen LogP contribution < -0.4 is 11.1 Å². The van der Waals surface area contributed by atoms with Gasteiger partial charge in [0.1, 0.15) is 5.82 Å². The van der Waals surface area contributed by atoms with Gasteiger partial charge in [-0.15, -0.1) is 5.10 Å². The highest BCUT2D eigenvalue weighted by Crippen LogP contribution is 2.14. The predicted octanol–water partition coefficient (Wildman–Crippen LogP) is 1.71. The van der Waals surface area contributed by atoms with Gasteiger partial charge in [-0.2, -0.15) is 0 Å². The van der Waals surface area contributed by atoms with Crippen molar-refractivity contribution in [3.8, 4) is 0 Å². The average Bonchev–Trinajstić information content (AvgIpc) is 3.01. The molecule has 1 heterocycles. The molecule has 1 aromatic carbocycles. The molecule has 2 aromatic rings. The van der Waals surface area contributed by atoms with Crippen molar-refractivity contribution in [3.63, 3.8) is 0 Å². The Morgan fingerprint density at radius 2 is 2.13 bits per heavy atom. The van der Waals surface area contributed by atoms with E-state index in [1.54, 1.807) is 18.3 Å². The highest BCUT2D eigenvalue weighted by molar-refractivity contribution is 5.92. The van der Waals surface area contributed by atoms with Gasteiger partial charge < -0.3 is 11.1 Å². The second kappa shape index (κ2) is 7.32. The van der Waals surface area contributed by atoms with Gasteiger partial charge in [0.05, 0.1) is 18.3 Å². The SMILES string of the molecule is CCC(CC)(CN)NC(=O)c1cn(Cc2cccc(F)c2)nn1. The molecule has 2 rings (SSSR count). The van der Waals surface area contributed by atoms with E-state index in [0.29, 0.717) is 13.1 Å². The van der Waals surface area contributed by atoms with Crippen LogP contribution in [0.5, 0.6) is 0 Å². The fourth-order valence-corrected chi connectivity index (χ4v) is 2.37. The monoisotopic (exact) mass is 319 g/mol. The quantitative estimate of drug-likeness (QED) is 0.813. The Morgan fingerprint density at radius 3 is 2.74 bits per heavy atom. The van der Waals surface area contributed by atoms with Gasteiger partial charge in [-0.05, 0) is 30.5 Å². The van der Waals surface area contributed by atoms with Gasteiger partial charge in [0, 0.05) is 6.54 Å². The zero-order valence-corrected chi connectivity index (χ0v) is 13.4. The number of hydrogen-bond donors (Lipinski definition) is 2. The first-order valence-electron chi connectivity index (χ1n) is 7.69. The first-order valence-corrected chi connectivity index (χ1v) is 7.69. The smallest absolute Gasteiger partial charge is 0.273 e. The van der Waals surface area contributed by atoms with Crippen molar-refractivity contribution in [2.24, 2.45) is 5.73 Å². The van der Waals surface area contributed by atoms with E-state index in [1.165, 1.54) is 16.8 Å². The zero-order chi connectivity index (χ0) is 16.9. The Kier molecular flexibility index (Phi) is 5.44. The minimum absolute atomic E-state index is 0.223. The standard InChI is InChI=1S/C16H22FN5O/c1-3-16(4-2,11-18)19-15(23)14-10-22(21-20-14)9-12-6-5-7-13(17)8-12/h5-8,10H,3-4,9,11,18H2,1-2H3,(H,19,23). The van der Waals surface area contributed by atoms with E-state index in [2.05, 4.69) is 15.6 Å². The fourth-order valence-electron chi connectivity index (χ4n) is 2.37. The van der Waals surface area contributed by atoms with Crippen LogP contribution in [0.4, 0.5) is 4.39 Å². The largest absolute Gasteiger partial charge is 0.344 e. The molecule has 1 amide bonds. The summed E-state index contributed by atoms with van der Waals surface area (Å²) in [6, 6.07) is 6.23. The molecule has 0 aliphatic heterocycles. The number of nitrogens with two attached hydrogens (primary N) is 1.